The van der Waals surface area contributed by atoms with E-state index in [2.05, 4.69) is 4.98 Å². The minimum absolute atomic E-state index is 0.252. The molecule has 0 aliphatic carbocycles. The van der Waals surface area contributed by atoms with Gasteiger partial charge in [-0.1, -0.05) is 11.3 Å². The molecule has 0 fully saturated rings. The zero-order chi connectivity index (χ0) is 20.0. The smallest absolute Gasteiger partial charge is 0.231 e. The van der Waals surface area contributed by atoms with Crippen LogP contribution in [0.4, 0.5) is 10.8 Å². The first-order chi connectivity index (χ1) is 14.2. The Labute approximate surface area is 170 Å². The summed E-state index contributed by atoms with van der Waals surface area (Å²) in [5.74, 6) is 2.83. The molecule has 148 valence electrons. The minimum Gasteiger partial charge on any atom is -0.493 e. The molecule has 4 aromatic rings. The van der Waals surface area contributed by atoms with Crippen LogP contribution in [0.2, 0.25) is 0 Å². The van der Waals surface area contributed by atoms with Crippen LogP contribution in [0, 0.1) is 0 Å². The lowest BCUT2D eigenvalue weighted by molar-refractivity contribution is 0.174. The number of methoxy groups -OCH3 is 2. The van der Waals surface area contributed by atoms with Gasteiger partial charge in [-0.3, -0.25) is 0 Å². The van der Waals surface area contributed by atoms with Crippen molar-refractivity contribution in [3.8, 4) is 34.3 Å². The van der Waals surface area contributed by atoms with Crippen LogP contribution in [-0.4, -0.2) is 42.7 Å². The Kier molecular flexibility index (Phi) is 4.17. The highest BCUT2D eigenvalue weighted by molar-refractivity contribution is 7.20. The van der Waals surface area contributed by atoms with Crippen LogP contribution in [0.5, 0.6) is 23.0 Å². The largest absolute Gasteiger partial charge is 0.493 e. The van der Waals surface area contributed by atoms with Crippen molar-refractivity contribution in [1.29, 1.82) is 0 Å². The topological polar surface area (TPSA) is 70.4 Å². The van der Waals surface area contributed by atoms with Crippen molar-refractivity contribution >= 4 is 27.1 Å². The van der Waals surface area contributed by atoms with Gasteiger partial charge in [0.2, 0.25) is 16.9 Å². The van der Waals surface area contributed by atoms with Gasteiger partial charge >= 0.3 is 0 Å². The number of aromatic nitrogens is 3. The molecule has 0 spiro atoms. The van der Waals surface area contributed by atoms with Crippen molar-refractivity contribution in [3.05, 3.63) is 42.6 Å². The Morgan fingerprint density at radius 2 is 1.86 bits per heavy atom. The standard InChI is InChI=1S/C20H18N4O4S/c1-23(13-5-7-16-18(9-13)28-11-27-16)20-22-24-14(10-21-19(24)29-20)12-4-6-15(25-2)17(8-12)26-3/h4-10H,11H2,1-3H3. The van der Waals surface area contributed by atoms with E-state index < -0.39 is 0 Å². The monoisotopic (exact) mass is 410 g/mol. The van der Waals surface area contributed by atoms with Gasteiger partial charge in [0, 0.05) is 24.4 Å². The average molecular weight is 410 g/mol. The number of benzene rings is 2. The second-order valence-electron chi connectivity index (χ2n) is 6.39. The third-order valence-electron chi connectivity index (χ3n) is 4.78. The van der Waals surface area contributed by atoms with Gasteiger partial charge in [0.1, 0.15) is 0 Å². The van der Waals surface area contributed by atoms with Crippen molar-refractivity contribution in [1.82, 2.24) is 14.6 Å². The maximum absolute atomic E-state index is 5.48. The molecule has 5 rings (SSSR count). The molecule has 0 bridgehead atoms. The molecule has 0 amide bonds. The molecule has 2 aromatic carbocycles. The van der Waals surface area contributed by atoms with Crippen molar-refractivity contribution < 1.29 is 18.9 Å². The van der Waals surface area contributed by atoms with E-state index >= 15 is 0 Å². The third-order valence-corrected chi connectivity index (χ3v) is 5.78. The molecule has 0 saturated heterocycles. The second-order valence-corrected chi connectivity index (χ2v) is 7.32. The van der Waals surface area contributed by atoms with Gasteiger partial charge < -0.3 is 23.8 Å². The predicted molar refractivity (Wildman–Crippen MR) is 110 cm³/mol. The molecule has 2 aromatic heterocycles. The van der Waals surface area contributed by atoms with Crippen LogP contribution in [0.1, 0.15) is 0 Å². The van der Waals surface area contributed by atoms with Crippen LogP contribution in [-0.2, 0) is 0 Å². The SMILES string of the molecule is COc1ccc(-c2cnc3sc(N(C)c4ccc5c(c4)OCO5)nn23)cc1OC. The van der Waals surface area contributed by atoms with Gasteiger partial charge in [0.15, 0.2) is 23.0 Å². The van der Waals surface area contributed by atoms with E-state index in [4.69, 9.17) is 24.0 Å². The Morgan fingerprint density at radius 1 is 1.03 bits per heavy atom. The number of rotatable bonds is 5. The molecule has 1 aliphatic heterocycles. The van der Waals surface area contributed by atoms with Crippen LogP contribution in [0.3, 0.4) is 0 Å². The van der Waals surface area contributed by atoms with Gasteiger partial charge in [-0.05, 0) is 30.3 Å². The van der Waals surface area contributed by atoms with Gasteiger partial charge in [0.05, 0.1) is 26.1 Å². The summed E-state index contributed by atoms with van der Waals surface area (Å²) in [7, 11) is 5.20. The van der Waals surface area contributed by atoms with E-state index in [0.717, 1.165) is 38.5 Å². The van der Waals surface area contributed by atoms with Crippen molar-refractivity contribution in [3.63, 3.8) is 0 Å². The lowest BCUT2D eigenvalue weighted by atomic mass is 10.1. The highest BCUT2D eigenvalue weighted by Crippen LogP contribution is 2.39. The number of nitrogens with zero attached hydrogens (tertiary/aromatic N) is 4. The lowest BCUT2D eigenvalue weighted by Crippen LogP contribution is -2.09. The predicted octanol–water partition coefficient (Wildman–Crippen LogP) is 3.97. The van der Waals surface area contributed by atoms with E-state index in [9.17, 15) is 0 Å². The van der Waals surface area contributed by atoms with E-state index in [1.807, 2.05) is 59.1 Å². The molecule has 3 heterocycles. The lowest BCUT2D eigenvalue weighted by Gasteiger charge is -2.15. The minimum atomic E-state index is 0.252. The molecular formula is C20H18N4O4S. The summed E-state index contributed by atoms with van der Waals surface area (Å²) in [5, 5.41) is 5.59. The normalized spacial score (nSPS) is 12.4. The summed E-state index contributed by atoms with van der Waals surface area (Å²) in [6.45, 7) is 0.252. The average Bonchev–Trinajstić information content (AvgIpc) is 3.47. The fourth-order valence-corrected chi connectivity index (χ4v) is 4.07. The summed E-state index contributed by atoms with van der Waals surface area (Å²) >= 11 is 1.51. The molecule has 0 saturated carbocycles. The summed E-state index contributed by atoms with van der Waals surface area (Å²) in [6, 6.07) is 11.6. The molecule has 0 N–H and O–H groups in total. The number of imidazole rings is 1. The Balaban J connectivity index is 1.51. The third kappa shape index (κ3) is 2.90. The fraction of sp³-hybridized carbons (Fsp3) is 0.200. The molecular weight excluding hydrogens is 392 g/mol. The first kappa shape index (κ1) is 17.6. The molecule has 9 heteroatoms. The first-order valence-corrected chi connectivity index (χ1v) is 9.70. The zero-order valence-corrected chi connectivity index (χ0v) is 16.9. The second kappa shape index (κ2) is 6.85. The number of ether oxygens (including phenoxy) is 4. The van der Waals surface area contributed by atoms with Crippen LogP contribution >= 0.6 is 11.3 Å². The van der Waals surface area contributed by atoms with Crippen molar-refractivity contribution in [2.75, 3.05) is 33.0 Å². The Bertz CT molecular complexity index is 1200. The van der Waals surface area contributed by atoms with E-state index in [-0.39, 0.29) is 6.79 Å². The van der Waals surface area contributed by atoms with Gasteiger partial charge in [0.25, 0.3) is 0 Å². The summed E-state index contributed by atoms with van der Waals surface area (Å²) < 4.78 is 23.5. The van der Waals surface area contributed by atoms with Crippen molar-refractivity contribution in [2.45, 2.75) is 0 Å². The summed E-state index contributed by atoms with van der Waals surface area (Å²) in [6.07, 6.45) is 1.81. The maximum Gasteiger partial charge on any atom is 0.231 e. The van der Waals surface area contributed by atoms with Crippen LogP contribution in [0.15, 0.2) is 42.6 Å². The van der Waals surface area contributed by atoms with Gasteiger partial charge in [-0.15, -0.1) is 5.10 Å². The highest BCUT2D eigenvalue weighted by atomic mass is 32.1. The first-order valence-electron chi connectivity index (χ1n) is 8.88. The quantitative estimate of drug-likeness (QED) is 0.493. The van der Waals surface area contributed by atoms with Crippen molar-refractivity contribution in [2.24, 2.45) is 0 Å². The molecule has 0 atom stereocenters. The molecule has 0 radical (unpaired) electrons. The summed E-state index contributed by atoms with van der Waals surface area (Å²) in [4.78, 5) is 7.33. The highest BCUT2D eigenvalue weighted by Gasteiger charge is 2.19. The number of fused-ring (bicyclic) bond motifs is 2. The van der Waals surface area contributed by atoms with Crippen LogP contribution in [0.25, 0.3) is 16.2 Å². The Morgan fingerprint density at radius 3 is 2.69 bits per heavy atom. The number of anilines is 2. The molecule has 8 nitrogen and oxygen atoms in total. The van der Waals surface area contributed by atoms with E-state index in [1.165, 1.54) is 11.3 Å². The molecule has 0 unspecified atom stereocenters. The van der Waals surface area contributed by atoms with Gasteiger partial charge in [-0.25, -0.2) is 9.50 Å². The number of hydrogen-bond acceptors (Lipinski definition) is 8. The molecule has 29 heavy (non-hydrogen) atoms. The summed E-state index contributed by atoms with van der Waals surface area (Å²) in [5.41, 5.74) is 2.78. The molecule has 1 aliphatic rings. The maximum atomic E-state index is 5.48. The number of hydrogen-bond donors (Lipinski definition) is 0. The zero-order valence-electron chi connectivity index (χ0n) is 16.1. The van der Waals surface area contributed by atoms with E-state index in [0.29, 0.717) is 11.5 Å². The van der Waals surface area contributed by atoms with E-state index in [1.54, 1.807) is 14.2 Å². The fourth-order valence-electron chi connectivity index (χ4n) is 3.21. The van der Waals surface area contributed by atoms with Crippen LogP contribution < -0.4 is 23.8 Å². The van der Waals surface area contributed by atoms with Gasteiger partial charge in [-0.2, -0.15) is 0 Å². The Hall–Kier alpha value is -3.46.